The number of amides is 2. The van der Waals surface area contributed by atoms with Crippen molar-refractivity contribution in [3.63, 3.8) is 0 Å². The third kappa shape index (κ3) is 2.68. The third-order valence-electron chi connectivity index (χ3n) is 7.01. The van der Waals surface area contributed by atoms with Crippen LogP contribution in [0.2, 0.25) is 0 Å². The molecule has 2 aromatic rings. The Morgan fingerprint density at radius 1 is 1.26 bits per heavy atom. The number of benzene rings is 1. The summed E-state index contributed by atoms with van der Waals surface area (Å²) in [6.07, 6.45) is 7.89. The van der Waals surface area contributed by atoms with Crippen molar-refractivity contribution in [1.82, 2.24) is 20.2 Å². The van der Waals surface area contributed by atoms with E-state index in [4.69, 9.17) is 9.57 Å². The fourth-order valence-corrected chi connectivity index (χ4v) is 5.51. The van der Waals surface area contributed by atoms with Crippen molar-refractivity contribution in [3.05, 3.63) is 78.2 Å². The molecule has 180 valence electrons. The summed E-state index contributed by atoms with van der Waals surface area (Å²) < 4.78 is 5.43. The summed E-state index contributed by atoms with van der Waals surface area (Å²) in [7, 11) is 1.47. The molecule has 0 bridgehead atoms. The van der Waals surface area contributed by atoms with E-state index in [-0.39, 0.29) is 11.5 Å². The number of anilines is 1. The molecule has 1 spiro atoms. The highest BCUT2D eigenvalue weighted by molar-refractivity contribution is 6.11. The number of esters is 1. The predicted octanol–water partition coefficient (Wildman–Crippen LogP) is 2.36. The van der Waals surface area contributed by atoms with Crippen LogP contribution in [0.5, 0.6) is 0 Å². The normalized spacial score (nSPS) is 26.2. The fraction of sp³-hybridized carbons (Fsp3) is 0.280. The third-order valence-corrected chi connectivity index (χ3v) is 7.01. The van der Waals surface area contributed by atoms with Crippen molar-refractivity contribution in [3.8, 4) is 0 Å². The van der Waals surface area contributed by atoms with E-state index in [1.54, 1.807) is 12.2 Å². The first-order valence-corrected chi connectivity index (χ1v) is 11.0. The summed E-state index contributed by atoms with van der Waals surface area (Å²) in [5.74, 6) is -3.59. The number of rotatable bonds is 5. The number of ether oxygens (including phenoxy) is 1. The molecule has 35 heavy (non-hydrogen) atoms. The maximum absolute atomic E-state index is 13.9. The van der Waals surface area contributed by atoms with E-state index in [1.165, 1.54) is 42.6 Å². The van der Waals surface area contributed by atoms with Crippen LogP contribution in [0.1, 0.15) is 32.0 Å². The average molecular weight is 476 g/mol. The largest absolute Gasteiger partial charge is 0.421 e. The van der Waals surface area contributed by atoms with Crippen molar-refractivity contribution in [1.29, 1.82) is 0 Å². The van der Waals surface area contributed by atoms with Gasteiger partial charge in [0.1, 0.15) is 5.70 Å². The highest BCUT2D eigenvalue weighted by Gasteiger charge is 2.77. The van der Waals surface area contributed by atoms with Gasteiger partial charge in [0.15, 0.2) is 5.76 Å². The van der Waals surface area contributed by atoms with Crippen LogP contribution in [0, 0.1) is 5.41 Å². The molecular weight excluding hydrogens is 450 g/mol. The quantitative estimate of drug-likeness (QED) is 0.387. The number of hydroxylamine groups is 1. The van der Waals surface area contributed by atoms with Gasteiger partial charge >= 0.3 is 5.97 Å². The van der Waals surface area contributed by atoms with Gasteiger partial charge in [-0.05, 0) is 23.8 Å². The topological polar surface area (TPSA) is 117 Å². The van der Waals surface area contributed by atoms with E-state index >= 15 is 0 Å². The Hall–Kier alpha value is -4.18. The first-order chi connectivity index (χ1) is 16.6. The Morgan fingerprint density at radius 2 is 2.00 bits per heavy atom. The minimum atomic E-state index is -1.56. The fourth-order valence-electron chi connectivity index (χ4n) is 5.51. The van der Waals surface area contributed by atoms with Crippen LogP contribution in [0.25, 0.3) is 6.08 Å². The van der Waals surface area contributed by atoms with Crippen LogP contribution in [-0.2, 0) is 29.4 Å². The Labute approximate surface area is 201 Å². The van der Waals surface area contributed by atoms with Gasteiger partial charge in [-0.3, -0.25) is 24.1 Å². The number of aromatic amines is 1. The molecule has 0 radical (unpaired) electrons. The molecule has 0 aliphatic carbocycles. The zero-order valence-corrected chi connectivity index (χ0v) is 19.8. The molecular formula is C25H25N5O5. The lowest BCUT2D eigenvalue weighted by atomic mass is 9.57. The number of carbonyl (C=O) groups is 3. The average Bonchev–Trinajstić information content (AvgIpc) is 3.49. The monoisotopic (exact) mass is 475 g/mol. The standard InChI is InChI=1S/C25H25N5O5/c1-6-23(3,4)24-12-20(35-15(2)31)22(33)29-19(11-16-13-26-14-27-16)21(32)28-25(24,29)30(34-5)18-10-8-7-9-17(18)24/h6-14H,1H2,2-5H3,(H,26,27)(H,28,32)/b19-11+/t24-,25-/m1/s1. The number of nitrogens with one attached hydrogen (secondary N) is 2. The van der Waals surface area contributed by atoms with Crippen molar-refractivity contribution >= 4 is 29.5 Å². The second kappa shape index (κ2) is 7.41. The summed E-state index contributed by atoms with van der Waals surface area (Å²) in [5, 5.41) is 4.58. The van der Waals surface area contributed by atoms with E-state index in [1.807, 2.05) is 38.1 Å². The summed E-state index contributed by atoms with van der Waals surface area (Å²) in [5.41, 5.74) is -0.0140. The maximum Gasteiger partial charge on any atom is 0.308 e. The van der Waals surface area contributed by atoms with Crippen LogP contribution in [0.15, 0.2) is 67.0 Å². The zero-order valence-electron chi connectivity index (χ0n) is 19.8. The smallest absolute Gasteiger partial charge is 0.308 e. The molecule has 2 atom stereocenters. The second-order valence-electron chi connectivity index (χ2n) is 9.13. The Morgan fingerprint density at radius 3 is 2.63 bits per heavy atom. The Bertz CT molecular complexity index is 1330. The lowest BCUT2D eigenvalue weighted by molar-refractivity contribution is -0.152. The van der Waals surface area contributed by atoms with Crippen LogP contribution >= 0.6 is 0 Å². The number of aromatic nitrogens is 2. The molecule has 1 aromatic heterocycles. The van der Waals surface area contributed by atoms with Gasteiger partial charge in [-0.15, -0.1) is 6.58 Å². The minimum Gasteiger partial charge on any atom is -0.421 e. The van der Waals surface area contributed by atoms with Gasteiger partial charge < -0.3 is 15.0 Å². The maximum atomic E-state index is 13.9. The second-order valence-corrected chi connectivity index (χ2v) is 9.13. The van der Waals surface area contributed by atoms with Crippen molar-refractivity contribution < 1.29 is 24.0 Å². The molecule has 3 aliphatic heterocycles. The number of H-pyrrole nitrogens is 1. The Kier molecular flexibility index (Phi) is 4.78. The zero-order chi connectivity index (χ0) is 25.2. The first kappa shape index (κ1) is 22.6. The van der Waals surface area contributed by atoms with E-state index < -0.39 is 34.4 Å². The van der Waals surface area contributed by atoms with E-state index in [0.29, 0.717) is 11.4 Å². The SMILES string of the molecule is C=CC(C)(C)[C@]12C=C(OC(C)=O)C(=O)N3/C(=C/c4cnc[nH]4)C(=O)N[C@@]31N(OC)c1ccccc12. The van der Waals surface area contributed by atoms with Gasteiger partial charge in [-0.25, -0.2) is 10.0 Å². The van der Waals surface area contributed by atoms with Crippen LogP contribution in [0.3, 0.4) is 0 Å². The van der Waals surface area contributed by atoms with Crippen molar-refractivity contribution in [2.75, 3.05) is 12.2 Å². The highest BCUT2D eigenvalue weighted by Crippen LogP contribution is 2.65. The molecule has 0 saturated carbocycles. The number of imidazole rings is 1. The van der Waals surface area contributed by atoms with Gasteiger partial charge in [0.2, 0.25) is 5.79 Å². The molecule has 10 nitrogen and oxygen atoms in total. The molecule has 5 rings (SSSR count). The molecule has 0 unspecified atom stereocenters. The molecule has 2 amide bonds. The van der Waals surface area contributed by atoms with Crippen molar-refractivity contribution in [2.45, 2.75) is 32.0 Å². The number of nitrogens with zero attached hydrogens (tertiary/aromatic N) is 3. The molecule has 1 saturated heterocycles. The molecule has 3 aliphatic rings. The molecule has 1 fully saturated rings. The van der Waals surface area contributed by atoms with Crippen LogP contribution < -0.4 is 10.4 Å². The number of hydrogen-bond acceptors (Lipinski definition) is 7. The molecule has 4 heterocycles. The lowest BCUT2D eigenvalue weighted by Gasteiger charge is -2.56. The van der Waals surface area contributed by atoms with Gasteiger partial charge in [0.25, 0.3) is 11.8 Å². The summed E-state index contributed by atoms with van der Waals surface area (Å²) >= 11 is 0. The van der Waals surface area contributed by atoms with E-state index in [0.717, 1.165) is 5.56 Å². The number of allylic oxidation sites excluding steroid dienone is 1. The molecule has 2 N–H and O–H groups in total. The van der Waals surface area contributed by atoms with Crippen LogP contribution in [0.4, 0.5) is 5.69 Å². The first-order valence-electron chi connectivity index (χ1n) is 11.0. The number of hydrogen-bond donors (Lipinski definition) is 2. The summed E-state index contributed by atoms with van der Waals surface area (Å²) in [6.45, 7) is 9.16. The van der Waals surface area contributed by atoms with Gasteiger partial charge in [0, 0.05) is 12.3 Å². The molecule has 10 heteroatoms. The van der Waals surface area contributed by atoms with Gasteiger partial charge in [-0.2, -0.15) is 0 Å². The number of fused-ring (bicyclic) bond motifs is 2. The number of para-hydroxylation sites is 1. The summed E-state index contributed by atoms with van der Waals surface area (Å²) in [4.78, 5) is 53.7. The van der Waals surface area contributed by atoms with Crippen LogP contribution in [-0.4, -0.2) is 45.5 Å². The van der Waals surface area contributed by atoms with Gasteiger partial charge in [0.05, 0.1) is 36.4 Å². The van der Waals surface area contributed by atoms with E-state index in [2.05, 4.69) is 21.9 Å². The predicted molar refractivity (Wildman–Crippen MR) is 126 cm³/mol. The molecule has 1 aromatic carbocycles. The van der Waals surface area contributed by atoms with Gasteiger partial charge in [-0.1, -0.05) is 38.1 Å². The van der Waals surface area contributed by atoms with Crippen molar-refractivity contribution in [2.24, 2.45) is 5.41 Å². The Balaban J connectivity index is 1.92. The lowest BCUT2D eigenvalue weighted by Crippen LogP contribution is -2.76. The van der Waals surface area contributed by atoms with E-state index in [9.17, 15) is 14.4 Å². The minimum absolute atomic E-state index is 0.0381. The highest BCUT2D eigenvalue weighted by atomic mass is 16.7. The summed E-state index contributed by atoms with van der Waals surface area (Å²) in [6, 6.07) is 7.46. The number of carbonyl (C=O) groups excluding carboxylic acids is 3.